The van der Waals surface area contributed by atoms with Crippen molar-refractivity contribution in [3.63, 3.8) is 0 Å². The summed E-state index contributed by atoms with van der Waals surface area (Å²) in [4.78, 5) is 0. The molecule has 0 N–H and O–H groups in total. The van der Waals surface area contributed by atoms with Gasteiger partial charge in [-0.3, -0.25) is 0 Å². The maximum absolute atomic E-state index is 2.41. The van der Waals surface area contributed by atoms with Crippen LogP contribution in [0.3, 0.4) is 0 Å². The number of hydrogen-bond acceptors (Lipinski definition) is 0. The standard InChI is InChI=1S/C11H14Ge/c1-12-11-8-4-7-10(11)9-5-2-3-6-9/h2,4-6,8H,3,7,12H2,1H3. The molecular weight excluding hydrogens is 205 g/mol. The predicted octanol–water partition coefficient (Wildman–Crippen LogP) is 2.30. The molecule has 1 heteroatoms. The van der Waals surface area contributed by atoms with E-state index in [2.05, 4.69) is 36.1 Å². The van der Waals surface area contributed by atoms with Crippen molar-refractivity contribution >= 4 is 15.4 Å². The van der Waals surface area contributed by atoms with Crippen LogP contribution in [0.4, 0.5) is 0 Å². The van der Waals surface area contributed by atoms with E-state index in [0.717, 1.165) is 6.42 Å². The van der Waals surface area contributed by atoms with Gasteiger partial charge < -0.3 is 0 Å². The molecule has 0 bridgehead atoms. The summed E-state index contributed by atoms with van der Waals surface area (Å²) < 4.78 is 1.71. The van der Waals surface area contributed by atoms with E-state index in [4.69, 9.17) is 0 Å². The summed E-state index contributed by atoms with van der Waals surface area (Å²) in [5.74, 6) is 2.41. The summed E-state index contributed by atoms with van der Waals surface area (Å²) in [5, 5.41) is 0. The fraction of sp³-hybridized carbons (Fsp3) is 0.273. The Morgan fingerprint density at radius 1 is 1.25 bits per heavy atom. The average Bonchev–Trinajstić information content (AvgIpc) is 2.74. The molecule has 0 amide bonds. The van der Waals surface area contributed by atoms with Crippen LogP contribution in [0.5, 0.6) is 0 Å². The van der Waals surface area contributed by atoms with Crippen LogP contribution in [0.1, 0.15) is 12.8 Å². The quantitative estimate of drug-likeness (QED) is 0.625. The molecule has 2 rings (SSSR count). The molecule has 0 aliphatic heterocycles. The van der Waals surface area contributed by atoms with E-state index in [0.29, 0.717) is 0 Å². The number of rotatable bonds is 2. The summed E-state index contributed by atoms with van der Waals surface area (Å²) in [6.07, 6.45) is 13.9. The molecule has 0 spiro atoms. The molecule has 0 nitrogen and oxygen atoms in total. The van der Waals surface area contributed by atoms with Gasteiger partial charge in [-0.2, -0.15) is 0 Å². The van der Waals surface area contributed by atoms with Gasteiger partial charge in [0.15, 0.2) is 0 Å². The SMILES string of the molecule is [CH3][GeH2][C]1=C(C2=CCC=C2)CC=C1. The molecule has 0 aromatic carbocycles. The van der Waals surface area contributed by atoms with Crippen molar-refractivity contribution < 1.29 is 0 Å². The Hall–Kier alpha value is -0.497. The monoisotopic (exact) mass is 220 g/mol. The average molecular weight is 219 g/mol. The summed E-state index contributed by atoms with van der Waals surface area (Å²) in [7, 11) is 0. The normalized spacial score (nSPS) is 21.9. The minimum atomic E-state index is -0.370. The van der Waals surface area contributed by atoms with Crippen LogP contribution in [0.25, 0.3) is 0 Å². The molecule has 62 valence electrons. The Labute approximate surface area is 80.2 Å². The van der Waals surface area contributed by atoms with Gasteiger partial charge in [-0.1, -0.05) is 0 Å². The van der Waals surface area contributed by atoms with Gasteiger partial charge in [0.1, 0.15) is 0 Å². The Kier molecular flexibility index (Phi) is 2.36. The molecule has 0 heterocycles. The zero-order valence-corrected chi connectivity index (χ0v) is 10.5. The van der Waals surface area contributed by atoms with Gasteiger partial charge in [0.05, 0.1) is 0 Å². The van der Waals surface area contributed by atoms with Gasteiger partial charge in [-0.05, 0) is 0 Å². The fourth-order valence-electron chi connectivity index (χ4n) is 1.87. The molecule has 0 aromatic rings. The minimum absolute atomic E-state index is 0.370. The summed E-state index contributed by atoms with van der Waals surface area (Å²) >= 11 is -0.370. The Bertz CT molecular complexity index is 303. The van der Waals surface area contributed by atoms with Crippen molar-refractivity contribution in [2.24, 2.45) is 0 Å². The second-order valence-corrected chi connectivity index (χ2v) is 6.34. The van der Waals surface area contributed by atoms with Crippen LogP contribution in [0.2, 0.25) is 5.76 Å². The molecule has 0 atom stereocenters. The number of allylic oxidation sites excluding steroid dienone is 8. The van der Waals surface area contributed by atoms with Crippen molar-refractivity contribution in [1.29, 1.82) is 0 Å². The molecule has 0 unspecified atom stereocenters. The Morgan fingerprint density at radius 2 is 2.17 bits per heavy atom. The van der Waals surface area contributed by atoms with Gasteiger partial charge in [0, 0.05) is 0 Å². The molecule has 12 heavy (non-hydrogen) atoms. The van der Waals surface area contributed by atoms with Crippen LogP contribution < -0.4 is 0 Å². The zero-order valence-electron chi connectivity index (χ0n) is 7.51. The van der Waals surface area contributed by atoms with E-state index < -0.39 is 0 Å². The van der Waals surface area contributed by atoms with Gasteiger partial charge in [-0.25, -0.2) is 0 Å². The van der Waals surface area contributed by atoms with E-state index in [1.54, 1.807) is 9.98 Å². The van der Waals surface area contributed by atoms with Crippen molar-refractivity contribution in [3.8, 4) is 0 Å². The van der Waals surface area contributed by atoms with Crippen LogP contribution in [0, 0.1) is 0 Å². The Balaban J connectivity index is 2.29. The van der Waals surface area contributed by atoms with Crippen LogP contribution in [0.15, 0.2) is 45.9 Å². The van der Waals surface area contributed by atoms with Crippen molar-refractivity contribution in [2.45, 2.75) is 18.6 Å². The summed E-state index contributed by atoms with van der Waals surface area (Å²) in [5.41, 5.74) is 3.13. The summed E-state index contributed by atoms with van der Waals surface area (Å²) in [6.45, 7) is 0. The third-order valence-electron chi connectivity index (χ3n) is 2.53. The molecule has 2 aliphatic carbocycles. The number of hydrogen-bond donors (Lipinski definition) is 0. The topological polar surface area (TPSA) is 0 Å². The first-order valence-corrected chi connectivity index (χ1v) is 9.12. The van der Waals surface area contributed by atoms with Gasteiger partial charge >= 0.3 is 80.0 Å². The second kappa shape index (κ2) is 3.48. The predicted molar refractivity (Wildman–Crippen MR) is 57.0 cm³/mol. The third kappa shape index (κ3) is 1.36. The molecule has 0 aromatic heterocycles. The van der Waals surface area contributed by atoms with Crippen LogP contribution in [-0.2, 0) is 0 Å². The first-order valence-electron chi connectivity index (χ1n) is 4.67. The van der Waals surface area contributed by atoms with Crippen molar-refractivity contribution in [2.75, 3.05) is 0 Å². The van der Waals surface area contributed by atoms with E-state index >= 15 is 0 Å². The molecule has 0 fully saturated rings. The van der Waals surface area contributed by atoms with Crippen LogP contribution >= 0.6 is 0 Å². The van der Waals surface area contributed by atoms with E-state index in [1.165, 1.54) is 12.0 Å². The maximum atomic E-state index is 2.41. The molecule has 2 aliphatic rings. The first-order chi connectivity index (χ1) is 5.92. The van der Waals surface area contributed by atoms with Gasteiger partial charge in [0.25, 0.3) is 0 Å². The molecular formula is C11H14Ge. The molecule has 0 saturated heterocycles. The Morgan fingerprint density at radius 3 is 2.83 bits per heavy atom. The molecule has 0 saturated carbocycles. The summed E-state index contributed by atoms with van der Waals surface area (Å²) in [6, 6.07) is 0. The van der Waals surface area contributed by atoms with E-state index in [-0.39, 0.29) is 15.4 Å². The molecule has 0 radical (unpaired) electrons. The fourth-order valence-corrected chi connectivity index (χ4v) is 4.34. The van der Waals surface area contributed by atoms with E-state index in [9.17, 15) is 0 Å². The van der Waals surface area contributed by atoms with E-state index in [1.807, 2.05) is 0 Å². The van der Waals surface area contributed by atoms with Crippen LogP contribution in [-0.4, -0.2) is 15.4 Å². The van der Waals surface area contributed by atoms with Gasteiger partial charge in [-0.15, -0.1) is 0 Å². The first kappa shape index (κ1) is 8.12. The second-order valence-electron chi connectivity index (χ2n) is 3.26. The van der Waals surface area contributed by atoms with Gasteiger partial charge in [0.2, 0.25) is 0 Å². The zero-order chi connectivity index (χ0) is 8.39. The third-order valence-corrected chi connectivity index (χ3v) is 5.52. The van der Waals surface area contributed by atoms with Crippen molar-refractivity contribution in [1.82, 2.24) is 0 Å². The van der Waals surface area contributed by atoms with Crippen molar-refractivity contribution in [3.05, 3.63) is 45.9 Å².